The molecule has 0 aliphatic carbocycles. The van der Waals surface area contributed by atoms with Crippen molar-refractivity contribution < 1.29 is 14.3 Å². The van der Waals surface area contributed by atoms with Gasteiger partial charge in [-0.2, -0.15) is 0 Å². The van der Waals surface area contributed by atoms with Crippen molar-refractivity contribution in [1.29, 1.82) is 0 Å². The van der Waals surface area contributed by atoms with Crippen LogP contribution in [0.2, 0.25) is 0 Å². The van der Waals surface area contributed by atoms with Crippen molar-refractivity contribution >= 4 is 17.5 Å². The van der Waals surface area contributed by atoms with Crippen LogP contribution in [0.1, 0.15) is 11.1 Å². The Bertz CT molecular complexity index is 426. The highest BCUT2D eigenvalue weighted by molar-refractivity contribution is 6.28. The van der Waals surface area contributed by atoms with E-state index in [0.717, 1.165) is 5.56 Å². The van der Waals surface area contributed by atoms with E-state index < -0.39 is 11.9 Å². The van der Waals surface area contributed by atoms with Crippen LogP contribution in [0.15, 0.2) is 30.3 Å². The summed E-state index contributed by atoms with van der Waals surface area (Å²) in [6.07, 6.45) is 1.22. The molecule has 0 atom stereocenters. The average Bonchev–Trinajstić information content (AvgIpc) is 2.47. The van der Waals surface area contributed by atoms with Gasteiger partial charge in [0.2, 0.25) is 0 Å². The molecule has 1 aromatic carbocycles. The van der Waals surface area contributed by atoms with Crippen LogP contribution in [-0.4, -0.2) is 11.9 Å². The zero-order valence-electron chi connectivity index (χ0n) is 7.61. The fraction of sp³-hybridized carbons (Fsp3) is 0.0909. The van der Waals surface area contributed by atoms with Crippen LogP contribution >= 0.6 is 0 Å². The zero-order chi connectivity index (χ0) is 10.1. The van der Waals surface area contributed by atoms with Crippen LogP contribution in [0.4, 0.5) is 0 Å². The molecule has 2 rings (SSSR count). The van der Waals surface area contributed by atoms with E-state index in [1.54, 1.807) is 12.1 Å². The molecule has 0 aromatic heterocycles. The number of carbonyl (C=O) groups excluding carboxylic acids is 2. The van der Waals surface area contributed by atoms with Gasteiger partial charge in [-0.05, 0) is 12.5 Å². The van der Waals surface area contributed by atoms with Crippen molar-refractivity contribution in [3.63, 3.8) is 0 Å². The van der Waals surface area contributed by atoms with Crippen LogP contribution in [0.5, 0.6) is 0 Å². The monoisotopic (exact) mass is 188 g/mol. The Morgan fingerprint density at radius 3 is 2.21 bits per heavy atom. The van der Waals surface area contributed by atoms with Crippen LogP contribution in [0, 0.1) is 6.92 Å². The second-order valence-electron chi connectivity index (χ2n) is 3.13. The number of cyclic esters (lactones) is 2. The van der Waals surface area contributed by atoms with E-state index in [9.17, 15) is 9.59 Å². The maximum Gasteiger partial charge on any atom is 0.346 e. The van der Waals surface area contributed by atoms with Gasteiger partial charge in [0, 0.05) is 6.08 Å². The fourth-order valence-electron chi connectivity index (χ4n) is 1.29. The molecule has 1 aliphatic rings. The lowest BCUT2D eigenvalue weighted by atomic mass is 10.1. The third kappa shape index (κ3) is 1.44. The van der Waals surface area contributed by atoms with E-state index in [2.05, 4.69) is 4.74 Å². The van der Waals surface area contributed by atoms with E-state index in [-0.39, 0.29) is 0 Å². The Kier molecular flexibility index (Phi) is 1.93. The Labute approximate surface area is 81.0 Å². The molecule has 0 N–H and O–H groups in total. The van der Waals surface area contributed by atoms with E-state index in [1.165, 1.54) is 6.08 Å². The van der Waals surface area contributed by atoms with Gasteiger partial charge in [0.25, 0.3) is 0 Å². The first-order chi connectivity index (χ1) is 6.66. The second-order valence-corrected chi connectivity index (χ2v) is 3.13. The molecule has 1 heterocycles. The van der Waals surface area contributed by atoms with Gasteiger partial charge < -0.3 is 4.74 Å². The number of ether oxygens (including phenoxy) is 1. The van der Waals surface area contributed by atoms with Gasteiger partial charge in [0.15, 0.2) is 0 Å². The molecule has 0 radical (unpaired) electrons. The molecule has 1 aliphatic heterocycles. The first-order valence-corrected chi connectivity index (χ1v) is 4.22. The van der Waals surface area contributed by atoms with Crippen molar-refractivity contribution in [3.8, 4) is 0 Å². The lowest BCUT2D eigenvalue weighted by Crippen LogP contribution is -2.01. The first kappa shape index (κ1) is 8.69. The first-order valence-electron chi connectivity index (χ1n) is 4.22. The average molecular weight is 188 g/mol. The molecule has 0 spiro atoms. The van der Waals surface area contributed by atoms with Crippen molar-refractivity contribution in [2.24, 2.45) is 0 Å². The Morgan fingerprint density at radius 2 is 1.71 bits per heavy atom. The SMILES string of the molecule is Cc1ccc(C2=CC(=O)OC2=O)cc1. The van der Waals surface area contributed by atoms with Gasteiger partial charge in [-0.25, -0.2) is 9.59 Å². The summed E-state index contributed by atoms with van der Waals surface area (Å²) < 4.78 is 4.39. The number of hydrogen-bond acceptors (Lipinski definition) is 3. The summed E-state index contributed by atoms with van der Waals surface area (Å²) in [5.41, 5.74) is 2.15. The molecule has 0 saturated heterocycles. The minimum absolute atomic E-state index is 0.329. The molecule has 70 valence electrons. The highest BCUT2D eigenvalue weighted by atomic mass is 16.6. The third-order valence-corrected chi connectivity index (χ3v) is 2.04. The van der Waals surface area contributed by atoms with Gasteiger partial charge in [-0.15, -0.1) is 0 Å². The lowest BCUT2D eigenvalue weighted by molar-refractivity contribution is -0.149. The highest BCUT2D eigenvalue weighted by Crippen LogP contribution is 2.21. The summed E-state index contributed by atoms with van der Waals surface area (Å²) >= 11 is 0. The number of esters is 2. The number of aryl methyl sites for hydroxylation is 1. The van der Waals surface area contributed by atoms with E-state index in [1.807, 2.05) is 19.1 Å². The summed E-state index contributed by atoms with van der Waals surface area (Å²) in [6, 6.07) is 7.35. The van der Waals surface area contributed by atoms with Crippen LogP contribution in [0.25, 0.3) is 5.57 Å². The smallest absolute Gasteiger partial charge is 0.346 e. The van der Waals surface area contributed by atoms with Gasteiger partial charge in [0.05, 0.1) is 5.57 Å². The molecule has 3 heteroatoms. The predicted octanol–water partition coefficient (Wildman–Crippen LogP) is 1.46. The second kappa shape index (κ2) is 3.10. The van der Waals surface area contributed by atoms with Crippen LogP contribution in [0.3, 0.4) is 0 Å². The van der Waals surface area contributed by atoms with Gasteiger partial charge in [-0.1, -0.05) is 29.8 Å². The molecular weight excluding hydrogens is 180 g/mol. The normalized spacial score (nSPS) is 15.4. The fourth-order valence-corrected chi connectivity index (χ4v) is 1.29. The minimum Gasteiger partial charge on any atom is -0.386 e. The quantitative estimate of drug-likeness (QED) is 0.495. The summed E-state index contributed by atoms with van der Waals surface area (Å²) in [5.74, 6) is -1.16. The minimum atomic E-state index is -0.592. The van der Waals surface area contributed by atoms with E-state index in [0.29, 0.717) is 11.1 Å². The summed E-state index contributed by atoms with van der Waals surface area (Å²) in [4.78, 5) is 21.9. The topological polar surface area (TPSA) is 43.4 Å². The van der Waals surface area contributed by atoms with Crippen molar-refractivity contribution in [2.75, 3.05) is 0 Å². The molecule has 0 fully saturated rings. The number of hydrogen-bond donors (Lipinski definition) is 0. The predicted molar refractivity (Wildman–Crippen MR) is 50.3 cm³/mol. The molecule has 0 bridgehead atoms. The third-order valence-electron chi connectivity index (χ3n) is 2.04. The standard InChI is InChI=1S/C11H8O3/c1-7-2-4-8(5-3-7)9-6-10(12)14-11(9)13/h2-6H,1H3. The molecular formula is C11H8O3. The highest BCUT2D eigenvalue weighted by Gasteiger charge is 2.24. The molecule has 0 unspecified atom stereocenters. The summed E-state index contributed by atoms with van der Waals surface area (Å²) in [5, 5.41) is 0. The Morgan fingerprint density at radius 1 is 1.07 bits per heavy atom. The largest absolute Gasteiger partial charge is 0.386 e. The molecule has 0 amide bonds. The molecule has 14 heavy (non-hydrogen) atoms. The Balaban J connectivity index is 2.41. The van der Waals surface area contributed by atoms with Crippen LogP contribution in [-0.2, 0) is 14.3 Å². The van der Waals surface area contributed by atoms with Crippen LogP contribution < -0.4 is 0 Å². The molecule has 3 nitrogen and oxygen atoms in total. The van der Waals surface area contributed by atoms with E-state index in [4.69, 9.17) is 0 Å². The summed E-state index contributed by atoms with van der Waals surface area (Å²) in [7, 11) is 0. The van der Waals surface area contributed by atoms with Gasteiger partial charge in [0.1, 0.15) is 0 Å². The zero-order valence-corrected chi connectivity index (χ0v) is 7.61. The van der Waals surface area contributed by atoms with E-state index >= 15 is 0 Å². The molecule has 0 saturated carbocycles. The van der Waals surface area contributed by atoms with Crippen molar-refractivity contribution in [3.05, 3.63) is 41.5 Å². The van der Waals surface area contributed by atoms with Gasteiger partial charge in [-0.3, -0.25) is 0 Å². The Hall–Kier alpha value is -1.90. The maximum absolute atomic E-state index is 11.2. The number of benzene rings is 1. The number of rotatable bonds is 1. The molecule has 1 aromatic rings. The lowest BCUT2D eigenvalue weighted by Gasteiger charge is -1.98. The van der Waals surface area contributed by atoms with Crippen molar-refractivity contribution in [2.45, 2.75) is 6.92 Å². The van der Waals surface area contributed by atoms with Gasteiger partial charge >= 0.3 is 11.9 Å². The number of carbonyl (C=O) groups is 2. The maximum atomic E-state index is 11.2. The summed E-state index contributed by atoms with van der Waals surface area (Å²) in [6.45, 7) is 1.95. The van der Waals surface area contributed by atoms with Crippen molar-refractivity contribution in [1.82, 2.24) is 0 Å².